The summed E-state index contributed by atoms with van der Waals surface area (Å²) in [4.78, 5) is 25.6. The van der Waals surface area contributed by atoms with Crippen LogP contribution in [0.25, 0.3) is 0 Å². The van der Waals surface area contributed by atoms with Crippen LogP contribution in [0.1, 0.15) is 40.7 Å². The first-order chi connectivity index (χ1) is 13.0. The summed E-state index contributed by atoms with van der Waals surface area (Å²) >= 11 is 0. The zero-order valence-electron chi connectivity index (χ0n) is 15.2. The highest BCUT2D eigenvalue weighted by atomic mass is 19.1. The van der Waals surface area contributed by atoms with Crippen molar-refractivity contribution in [3.05, 3.63) is 71.0 Å². The molecule has 142 valence electrons. The number of carboxylic acid groups (broad SMARTS) is 1. The minimum absolute atomic E-state index is 0.0551. The maximum atomic E-state index is 13.8. The summed E-state index contributed by atoms with van der Waals surface area (Å²) in [6.45, 7) is 1.36. The summed E-state index contributed by atoms with van der Waals surface area (Å²) in [5.41, 5.74) is 1.69. The minimum atomic E-state index is -0.966. The number of likely N-dealkylation sites (tertiary alicyclic amines) is 1. The fourth-order valence-electron chi connectivity index (χ4n) is 3.71. The van der Waals surface area contributed by atoms with E-state index in [1.165, 1.54) is 6.07 Å². The molecule has 0 saturated carbocycles. The lowest BCUT2D eigenvalue weighted by atomic mass is 9.90. The maximum absolute atomic E-state index is 13.8. The Morgan fingerprint density at radius 3 is 2.30 bits per heavy atom. The Balaban J connectivity index is 1.49. The fourth-order valence-corrected chi connectivity index (χ4v) is 3.71. The second-order valence-electron chi connectivity index (χ2n) is 7.08. The van der Waals surface area contributed by atoms with Crippen molar-refractivity contribution in [3.63, 3.8) is 0 Å². The van der Waals surface area contributed by atoms with Gasteiger partial charge in [-0.15, -0.1) is 0 Å². The van der Waals surface area contributed by atoms with Crippen molar-refractivity contribution >= 4 is 11.9 Å². The van der Waals surface area contributed by atoms with Gasteiger partial charge in [-0.05, 0) is 54.9 Å². The van der Waals surface area contributed by atoms with Crippen molar-refractivity contribution in [2.45, 2.75) is 32.1 Å². The van der Waals surface area contributed by atoms with E-state index in [1.54, 1.807) is 30.3 Å². The van der Waals surface area contributed by atoms with E-state index in [1.807, 2.05) is 17.0 Å². The summed E-state index contributed by atoms with van der Waals surface area (Å²) in [5.74, 6) is -0.682. The number of piperidine rings is 1. The predicted octanol–water partition coefficient (Wildman–Crippen LogP) is 3.94. The molecule has 0 aliphatic carbocycles. The molecule has 0 bridgehead atoms. The van der Waals surface area contributed by atoms with Gasteiger partial charge in [0.05, 0.1) is 5.56 Å². The van der Waals surface area contributed by atoms with Crippen LogP contribution in [0, 0.1) is 11.7 Å². The molecule has 0 aromatic heterocycles. The van der Waals surface area contributed by atoms with Gasteiger partial charge in [0, 0.05) is 19.5 Å². The quantitative estimate of drug-likeness (QED) is 0.839. The predicted molar refractivity (Wildman–Crippen MR) is 101 cm³/mol. The molecule has 0 atom stereocenters. The number of benzene rings is 2. The molecule has 3 rings (SSSR count). The van der Waals surface area contributed by atoms with Gasteiger partial charge in [0.2, 0.25) is 5.91 Å². The molecule has 4 nitrogen and oxygen atoms in total. The van der Waals surface area contributed by atoms with Gasteiger partial charge in [0.15, 0.2) is 0 Å². The summed E-state index contributed by atoms with van der Waals surface area (Å²) in [5, 5.41) is 9.23. The molecule has 5 heteroatoms. The maximum Gasteiger partial charge on any atom is 0.335 e. The largest absolute Gasteiger partial charge is 0.478 e. The van der Waals surface area contributed by atoms with Crippen LogP contribution in [0.4, 0.5) is 4.39 Å². The van der Waals surface area contributed by atoms with Gasteiger partial charge in [0.1, 0.15) is 5.82 Å². The topological polar surface area (TPSA) is 57.6 Å². The first-order valence-corrected chi connectivity index (χ1v) is 9.37. The van der Waals surface area contributed by atoms with Crippen molar-refractivity contribution < 1.29 is 19.1 Å². The molecule has 2 aromatic carbocycles. The van der Waals surface area contributed by atoms with E-state index in [2.05, 4.69) is 0 Å². The molecule has 1 amide bonds. The standard InChI is InChI=1S/C22H24FNO3/c23-20-8-4-2-6-18(20)15-16-11-13-24(14-12-16)21(25)10-9-17-5-1-3-7-19(17)22(26)27/h1-8,16H,9-15H2,(H,26,27). The average Bonchev–Trinajstić information content (AvgIpc) is 2.68. The number of hydrogen-bond donors (Lipinski definition) is 1. The highest BCUT2D eigenvalue weighted by molar-refractivity contribution is 5.89. The number of hydrogen-bond acceptors (Lipinski definition) is 2. The molecular weight excluding hydrogens is 345 g/mol. The van der Waals surface area contributed by atoms with E-state index < -0.39 is 5.97 Å². The molecule has 27 heavy (non-hydrogen) atoms. The highest BCUT2D eigenvalue weighted by Crippen LogP contribution is 2.23. The lowest BCUT2D eigenvalue weighted by Gasteiger charge is -2.32. The van der Waals surface area contributed by atoms with Gasteiger partial charge in [-0.1, -0.05) is 36.4 Å². The third kappa shape index (κ3) is 4.94. The van der Waals surface area contributed by atoms with Crippen LogP contribution in [-0.2, 0) is 17.6 Å². The molecule has 1 aliphatic rings. The van der Waals surface area contributed by atoms with E-state index in [4.69, 9.17) is 0 Å². The van der Waals surface area contributed by atoms with Crippen LogP contribution in [-0.4, -0.2) is 35.0 Å². The van der Waals surface area contributed by atoms with E-state index >= 15 is 0 Å². The molecule has 2 aromatic rings. The van der Waals surface area contributed by atoms with Gasteiger partial charge < -0.3 is 10.0 Å². The van der Waals surface area contributed by atoms with Crippen LogP contribution >= 0.6 is 0 Å². The van der Waals surface area contributed by atoms with Crippen molar-refractivity contribution in [2.24, 2.45) is 5.92 Å². The number of nitrogens with zero attached hydrogens (tertiary/aromatic N) is 1. The summed E-state index contributed by atoms with van der Waals surface area (Å²) in [6.07, 6.45) is 3.18. The van der Waals surface area contributed by atoms with Crippen LogP contribution in [0.2, 0.25) is 0 Å². The van der Waals surface area contributed by atoms with Crippen molar-refractivity contribution in [3.8, 4) is 0 Å². The SMILES string of the molecule is O=C(O)c1ccccc1CCC(=O)N1CCC(Cc2ccccc2F)CC1. The molecule has 1 saturated heterocycles. The number of carboxylic acids is 1. The minimum Gasteiger partial charge on any atom is -0.478 e. The first-order valence-electron chi connectivity index (χ1n) is 9.37. The van der Waals surface area contributed by atoms with Crippen molar-refractivity contribution in [2.75, 3.05) is 13.1 Å². The number of amides is 1. The van der Waals surface area contributed by atoms with Crippen LogP contribution < -0.4 is 0 Å². The number of aromatic carboxylic acids is 1. The Hall–Kier alpha value is -2.69. The number of carbonyl (C=O) groups excluding carboxylic acids is 1. The third-order valence-electron chi connectivity index (χ3n) is 5.29. The lowest BCUT2D eigenvalue weighted by Crippen LogP contribution is -2.39. The van der Waals surface area contributed by atoms with E-state index in [0.717, 1.165) is 18.4 Å². The Labute approximate surface area is 158 Å². The van der Waals surface area contributed by atoms with Crippen molar-refractivity contribution in [1.29, 1.82) is 0 Å². The number of aryl methyl sites for hydroxylation is 1. The molecule has 1 fully saturated rings. The van der Waals surface area contributed by atoms with Crippen LogP contribution in [0.5, 0.6) is 0 Å². The smallest absolute Gasteiger partial charge is 0.335 e. The second kappa shape index (κ2) is 8.80. The number of halogens is 1. The molecular formula is C22H24FNO3. The van der Waals surface area contributed by atoms with Crippen molar-refractivity contribution in [1.82, 2.24) is 4.90 Å². The molecule has 1 heterocycles. The normalized spacial score (nSPS) is 14.9. The van der Waals surface area contributed by atoms with Crippen LogP contribution in [0.3, 0.4) is 0 Å². The first kappa shape index (κ1) is 19.1. The van der Waals surface area contributed by atoms with Crippen LogP contribution in [0.15, 0.2) is 48.5 Å². The Morgan fingerprint density at radius 1 is 1.00 bits per heavy atom. The highest BCUT2D eigenvalue weighted by Gasteiger charge is 2.23. The second-order valence-corrected chi connectivity index (χ2v) is 7.08. The molecule has 1 aliphatic heterocycles. The Bertz CT molecular complexity index is 813. The lowest BCUT2D eigenvalue weighted by molar-refractivity contribution is -0.132. The fraction of sp³-hybridized carbons (Fsp3) is 0.364. The summed E-state index contributed by atoms with van der Waals surface area (Å²) in [6, 6.07) is 13.7. The third-order valence-corrected chi connectivity index (χ3v) is 5.29. The monoisotopic (exact) mass is 369 g/mol. The van der Waals surface area contributed by atoms with Gasteiger partial charge in [-0.2, -0.15) is 0 Å². The van der Waals surface area contributed by atoms with E-state index in [-0.39, 0.29) is 17.3 Å². The zero-order valence-corrected chi connectivity index (χ0v) is 15.2. The molecule has 0 radical (unpaired) electrons. The van der Waals surface area contributed by atoms with E-state index in [9.17, 15) is 19.1 Å². The molecule has 1 N–H and O–H groups in total. The summed E-state index contributed by atoms with van der Waals surface area (Å²) < 4.78 is 13.8. The summed E-state index contributed by atoms with van der Waals surface area (Å²) in [7, 11) is 0. The number of rotatable bonds is 6. The van der Waals surface area contributed by atoms with Gasteiger partial charge in [-0.25, -0.2) is 9.18 Å². The Kier molecular flexibility index (Phi) is 6.22. The Morgan fingerprint density at radius 2 is 1.63 bits per heavy atom. The van der Waals surface area contributed by atoms with Gasteiger partial charge in [-0.3, -0.25) is 4.79 Å². The zero-order chi connectivity index (χ0) is 19.2. The van der Waals surface area contributed by atoms with Gasteiger partial charge >= 0.3 is 5.97 Å². The van der Waals surface area contributed by atoms with E-state index in [0.29, 0.717) is 43.8 Å². The van der Waals surface area contributed by atoms with Gasteiger partial charge in [0.25, 0.3) is 0 Å². The number of carbonyl (C=O) groups is 2. The molecule has 0 spiro atoms. The molecule has 0 unspecified atom stereocenters. The average molecular weight is 369 g/mol.